The van der Waals surface area contributed by atoms with Crippen LogP contribution in [0.15, 0.2) is 30.5 Å². The molecule has 2 rings (SSSR count). The van der Waals surface area contributed by atoms with Crippen molar-refractivity contribution in [3.63, 3.8) is 0 Å². The summed E-state index contributed by atoms with van der Waals surface area (Å²) in [5, 5.41) is 0. The molecule has 0 saturated heterocycles. The van der Waals surface area contributed by atoms with Crippen molar-refractivity contribution < 1.29 is 0 Å². The minimum absolute atomic E-state index is 0.341. The van der Waals surface area contributed by atoms with Crippen molar-refractivity contribution in [1.29, 1.82) is 0 Å². The molecule has 1 aromatic heterocycles. The minimum atomic E-state index is 0.341. The minimum Gasteiger partial charge on any atom is -0.359 e. The van der Waals surface area contributed by atoms with Gasteiger partial charge in [0.1, 0.15) is 5.52 Å². The van der Waals surface area contributed by atoms with E-state index in [1.807, 2.05) is 24.3 Å². The van der Waals surface area contributed by atoms with Gasteiger partial charge in [-0.1, -0.05) is 18.7 Å². The Labute approximate surface area is 69.5 Å². The fourth-order valence-corrected chi connectivity index (χ4v) is 1.00. The van der Waals surface area contributed by atoms with Crippen molar-refractivity contribution >= 4 is 16.9 Å². The van der Waals surface area contributed by atoms with Crippen LogP contribution < -0.4 is 0 Å². The molecule has 1 heterocycles. The first kappa shape index (κ1) is 6.74. The summed E-state index contributed by atoms with van der Waals surface area (Å²) in [6.07, 6.45) is 1.48. The molecule has 2 aromatic rings. The second kappa shape index (κ2) is 2.59. The molecule has 56 valence electrons. The number of benzene rings is 1. The molecule has 0 aliphatic carbocycles. The predicted octanol–water partition coefficient (Wildman–Crippen LogP) is 2.18. The van der Waals surface area contributed by atoms with Gasteiger partial charge in [0.05, 0.1) is 6.20 Å². The quantitative estimate of drug-likeness (QED) is 0.546. The Morgan fingerprint density at radius 2 is 1.92 bits per heavy atom. The highest BCUT2D eigenvalue weighted by Crippen LogP contribution is 2.12. The van der Waals surface area contributed by atoms with Crippen molar-refractivity contribution in [3.05, 3.63) is 41.9 Å². The molecule has 0 spiro atoms. The Morgan fingerprint density at radius 1 is 1.17 bits per heavy atom. The average Bonchev–Trinajstić information content (AvgIpc) is 2.17. The number of rotatable bonds is 0. The molecule has 0 atom stereocenters. The topological polar surface area (TPSA) is 30.1 Å². The van der Waals surface area contributed by atoms with E-state index in [-0.39, 0.29) is 0 Å². The van der Waals surface area contributed by atoms with Crippen LogP contribution >= 0.6 is 0 Å². The molecule has 0 N–H and O–H groups in total. The summed E-state index contributed by atoms with van der Waals surface area (Å²) >= 11 is 0. The number of hydrogen-bond donors (Lipinski definition) is 0. The third-order valence-corrected chi connectivity index (χ3v) is 1.55. The molecule has 0 radical (unpaired) electrons. The van der Waals surface area contributed by atoms with Crippen LogP contribution in [-0.2, 0) is 0 Å². The van der Waals surface area contributed by atoms with E-state index < -0.39 is 0 Å². The Hall–Kier alpha value is -1.95. The van der Waals surface area contributed by atoms with Gasteiger partial charge in [0.15, 0.2) is 5.52 Å². The van der Waals surface area contributed by atoms with E-state index in [1.165, 1.54) is 6.20 Å². The molecular weight excluding hydrogens is 150 g/mol. The molecule has 0 saturated carbocycles. The standard InChI is InChI=1S/C9H5N3/c1-10-9-6-11-7-4-2-3-5-8(7)12-9/h2-6H. The normalized spacial score (nSPS) is 9.58. The van der Waals surface area contributed by atoms with E-state index >= 15 is 0 Å². The van der Waals surface area contributed by atoms with Crippen molar-refractivity contribution in [1.82, 2.24) is 9.97 Å². The molecule has 0 unspecified atom stereocenters. The monoisotopic (exact) mass is 155 g/mol. The van der Waals surface area contributed by atoms with E-state index in [4.69, 9.17) is 6.57 Å². The van der Waals surface area contributed by atoms with Crippen LogP contribution in [0.2, 0.25) is 0 Å². The van der Waals surface area contributed by atoms with E-state index in [0.29, 0.717) is 5.82 Å². The third kappa shape index (κ3) is 0.995. The van der Waals surface area contributed by atoms with Gasteiger partial charge in [0.25, 0.3) is 5.82 Å². The van der Waals surface area contributed by atoms with E-state index in [0.717, 1.165) is 11.0 Å². The van der Waals surface area contributed by atoms with Crippen LogP contribution in [0.3, 0.4) is 0 Å². The first-order valence-electron chi connectivity index (χ1n) is 3.49. The average molecular weight is 155 g/mol. The van der Waals surface area contributed by atoms with Crippen molar-refractivity contribution in [2.75, 3.05) is 0 Å². The van der Waals surface area contributed by atoms with Gasteiger partial charge >= 0.3 is 0 Å². The van der Waals surface area contributed by atoms with E-state index in [1.54, 1.807) is 0 Å². The van der Waals surface area contributed by atoms with Gasteiger partial charge in [0.2, 0.25) is 0 Å². The van der Waals surface area contributed by atoms with Crippen LogP contribution in [0.25, 0.3) is 15.9 Å². The lowest BCUT2D eigenvalue weighted by Gasteiger charge is -1.91. The molecule has 1 aromatic carbocycles. The summed E-state index contributed by atoms with van der Waals surface area (Å²) in [5.74, 6) is 0.341. The highest BCUT2D eigenvalue weighted by Gasteiger charge is 1.99. The SMILES string of the molecule is [C-]#[N+]c1cnc2ccccc2n1. The fourth-order valence-electron chi connectivity index (χ4n) is 1.00. The van der Waals surface area contributed by atoms with Gasteiger partial charge in [-0.05, 0) is 12.1 Å². The smallest absolute Gasteiger partial charge is 0.288 e. The zero-order valence-corrected chi connectivity index (χ0v) is 6.23. The zero-order valence-electron chi connectivity index (χ0n) is 6.23. The zero-order chi connectivity index (χ0) is 8.39. The van der Waals surface area contributed by atoms with Gasteiger partial charge in [-0.15, -0.1) is 4.98 Å². The second-order valence-corrected chi connectivity index (χ2v) is 2.33. The maximum atomic E-state index is 6.74. The molecule has 0 amide bonds. The van der Waals surface area contributed by atoms with Gasteiger partial charge in [-0.3, -0.25) is 4.98 Å². The van der Waals surface area contributed by atoms with Crippen LogP contribution in [0.1, 0.15) is 0 Å². The van der Waals surface area contributed by atoms with Gasteiger partial charge < -0.3 is 4.85 Å². The summed E-state index contributed by atoms with van der Waals surface area (Å²) in [6, 6.07) is 7.49. The number of hydrogen-bond acceptors (Lipinski definition) is 2. The second-order valence-electron chi connectivity index (χ2n) is 2.33. The molecule has 0 aliphatic rings. The lowest BCUT2D eigenvalue weighted by molar-refractivity contribution is 1.32. The van der Waals surface area contributed by atoms with Crippen molar-refractivity contribution in [3.8, 4) is 0 Å². The maximum absolute atomic E-state index is 6.74. The largest absolute Gasteiger partial charge is 0.359 e. The van der Waals surface area contributed by atoms with Crippen molar-refractivity contribution in [2.45, 2.75) is 0 Å². The van der Waals surface area contributed by atoms with E-state index in [2.05, 4.69) is 14.8 Å². The highest BCUT2D eigenvalue weighted by atomic mass is 14.9. The van der Waals surface area contributed by atoms with Gasteiger partial charge in [-0.25, -0.2) is 0 Å². The predicted molar refractivity (Wildman–Crippen MR) is 45.8 cm³/mol. The number of para-hydroxylation sites is 2. The molecule has 0 fully saturated rings. The van der Waals surface area contributed by atoms with Crippen LogP contribution in [0.5, 0.6) is 0 Å². The summed E-state index contributed by atoms with van der Waals surface area (Å²) in [5.41, 5.74) is 1.59. The van der Waals surface area contributed by atoms with Crippen molar-refractivity contribution in [2.24, 2.45) is 0 Å². The summed E-state index contributed by atoms with van der Waals surface area (Å²) in [6.45, 7) is 6.74. The molecule has 0 aliphatic heterocycles. The van der Waals surface area contributed by atoms with Crippen LogP contribution in [-0.4, -0.2) is 9.97 Å². The number of aromatic nitrogens is 2. The number of nitrogens with zero attached hydrogens (tertiary/aromatic N) is 3. The third-order valence-electron chi connectivity index (χ3n) is 1.55. The lowest BCUT2D eigenvalue weighted by Crippen LogP contribution is -1.80. The molecule has 3 heteroatoms. The van der Waals surface area contributed by atoms with Gasteiger partial charge in [-0.2, -0.15) is 0 Å². The number of fused-ring (bicyclic) bond motifs is 1. The molecule has 12 heavy (non-hydrogen) atoms. The Bertz CT molecular complexity index is 457. The summed E-state index contributed by atoms with van der Waals surface area (Å²) in [4.78, 5) is 11.3. The lowest BCUT2D eigenvalue weighted by atomic mass is 10.3. The van der Waals surface area contributed by atoms with Crippen LogP contribution in [0, 0.1) is 6.57 Å². The first-order valence-corrected chi connectivity index (χ1v) is 3.49. The Morgan fingerprint density at radius 3 is 2.67 bits per heavy atom. The molecular formula is C9H5N3. The Balaban J connectivity index is 2.78. The summed E-state index contributed by atoms with van der Waals surface area (Å²) < 4.78 is 0. The molecule has 3 nitrogen and oxygen atoms in total. The molecule has 0 bridgehead atoms. The summed E-state index contributed by atoms with van der Waals surface area (Å²) in [7, 11) is 0. The Kier molecular flexibility index (Phi) is 1.45. The van der Waals surface area contributed by atoms with Gasteiger partial charge in [0, 0.05) is 0 Å². The highest BCUT2D eigenvalue weighted by molar-refractivity contribution is 5.75. The maximum Gasteiger partial charge on any atom is 0.288 e. The first-order chi connectivity index (χ1) is 5.90. The van der Waals surface area contributed by atoms with E-state index in [9.17, 15) is 0 Å². The fraction of sp³-hybridized carbons (Fsp3) is 0. The van der Waals surface area contributed by atoms with Crippen LogP contribution in [0.4, 0.5) is 5.82 Å².